The number of aryl methyl sites for hydroxylation is 1. The second-order valence-electron chi connectivity index (χ2n) is 9.13. The number of likely N-dealkylation sites (tertiary alicyclic amines) is 1. The van der Waals surface area contributed by atoms with Crippen molar-refractivity contribution in [2.24, 2.45) is 0 Å². The number of rotatable bonds is 5. The van der Waals surface area contributed by atoms with Gasteiger partial charge in [-0.3, -0.25) is 15.0 Å². The zero-order valence-corrected chi connectivity index (χ0v) is 19.4. The Hall–Kier alpha value is -3.91. The molecule has 1 aliphatic rings. The number of H-pyrrole nitrogens is 1. The van der Waals surface area contributed by atoms with Gasteiger partial charge in [0, 0.05) is 47.1 Å². The molecule has 1 fully saturated rings. The highest BCUT2D eigenvalue weighted by Crippen LogP contribution is 2.32. The lowest BCUT2D eigenvalue weighted by molar-refractivity contribution is 0.184. The summed E-state index contributed by atoms with van der Waals surface area (Å²) in [5.74, 6) is 1.09. The third kappa shape index (κ3) is 4.33. The largest absolute Gasteiger partial charge is 0.420 e. The van der Waals surface area contributed by atoms with Gasteiger partial charge >= 0.3 is 0 Å². The minimum atomic E-state index is -0.161. The Morgan fingerprint density at radius 1 is 1.09 bits per heavy atom. The molecule has 1 saturated heterocycles. The molecule has 5 aromatic rings. The second-order valence-corrected chi connectivity index (χ2v) is 9.13. The molecule has 1 atom stereocenters. The maximum Gasteiger partial charge on any atom is 0.247 e. The number of hydrogen-bond acceptors (Lipinski definition) is 6. The van der Waals surface area contributed by atoms with Crippen molar-refractivity contribution in [3.05, 3.63) is 83.8 Å². The van der Waals surface area contributed by atoms with Gasteiger partial charge in [-0.05, 0) is 62.7 Å². The molecule has 176 valence electrons. The fourth-order valence-electron chi connectivity index (χ4n) is 4.84. The van der Waals surface area contributed by atoms with Crippen molar-refractivity contribution >= 4 is 10.9 Å². The number of benzene rings is 2. The van der Waals surface area contributed by atoms with Gasteiger partial charge in [0.15, 0.2) is 0 Å². The molecule has 0 spiro atoms. The van der Waals surface area contributed by atoms with Crippen molar-refractivity contribution in [3.8, 4) is 22.7 Å². The van der Waals surface area contributed by atoms with Crippen molar-refractivity contribution < 1.29 is 8.81 Å². The number of nitrogens with one attached hydrogen (secondary N) is 1. The summed E-state index contributed by atoms with van der Waals surface area (Å²) < 4.78 is 20.3. The van der Waals surface area contributed by atoms with Crippen LogP contribution in [-0.4, -0.2) is 43.4 Å². The predicted octanol–water partition coefficient (Wildman–Crippen LogP) is 5.50. The standard InChI is InChI=1S/C27H25FN6O/c1-17-13-18(10-11-29-17)25-22-14-19(8-9-24(22)30-31-25)26-32-33-27(35-26)21-6-4-12-34(16-21)15-20-5-2-3-7-23(20)28/h2-3,5,7-11,13-14,21H,4,6,12,15-16H2,1H3,(H,30,31). The van der Waals surface area contributed by atoms with Crippen molar-refractivity contribution in [1.82, 2.24) is 30.3 Å². The number of halogens is 1. The summed E-state index contributed by atoms with van der Waals surface area (Å²) in [5, 5.41) is 17.3. The van der Waals surface area contributed by atoms with Crippen LogP contribution < -0.4 is 0 Å². The van der Waals surface area contributed by atoms with Crippen molar-refractivity contribution in [2.75, 3.05) is 13.1 Å². The predicted molar refractivity (Wildman–Crippen MR) is 131 cm³/mol. The van der Waals surface area contributed by atoms with Crippen LogP contribution in [0.15, 0.2) is 65.2 Å². The second kappa shape index (κ2) is 9.03. The molecule has 0 aliphatic carbocycles. The van der Waals surface area contributed by atoms with E-state index < -0.39 is 0 Å². The molecular weight excluding hydrogens is 443 g/mol. The Balaban J connectivity index is 1.24. The van der Waals surface area contributed by atoms with Gasteiger partial charge in [0.05, 0.1) is 11.4 Å². The quantitative estimate of drug-likeness (QED) is 0.367. The number of nitrogens with zero attached hydrogens (tertiary/aromatic N) is 5. The number of aromatic nitrogens is 5. The summed E-state index contributed by atoms with van der Waals surface area (Å²) in [7, 11) is 0. The van der Waals surface area contributed by atoms with Crippen LogP contribution in [-0.2, 0) is 6.54 Å². The van der Waals surface area contributed by atoms with Gasteiger partial charge in [-0.25, -0.2) is 4.39 Å². The van der Waals surface area contributed by atoms with Crippen LogP contribution in [0.3, 0.4) is 0 Å². The lowest BCUT2D eigenvalue weighted by atomic mass is 9.97. The van der Waals surface area contributed by atoms with E-state index in [9.17, 15) is 4.39 Å². The first kappa shape index (κ1) is 21.6. The van der Waals surface area contributed by atoms with Crippen molar-refractivity contribution in [2.45, 2.75) is 32.2 Å². The van der Waals surface area contributed by atoms with Gasteiger partial charge in [0.1, 0.15) is 11.5 Å². The number of fused-ring (bicyclic) bond motifs is 1. The fraction of sp³-hybridized carbons (Fsp3) is 0.259. The highest BCUT2D eigenvalue weighted by molar-refractivity contribution is 5.95. The Kier molecular flexibility index (Phi) is 5.58. The molecule has 1 unspecified atom stereocenters. The molecule has 8 heteroatoms. The van der Waals surface area contributed by atoms with Crippen LogP contribution in [0.2, 0.25) is 0 Å². The van der Waals surface area contributed by atoms with E-state index in [1.54, 1.807) is 12.3 Å². The molecule has 6 rings (SSSR count). The smallest absolute Gasteiger partial charge is 0.247 e. The number of aromatic amines is 1. The average molecular weight is 469 g/mol. The molecule has 2 aromatic carbocycles. The summed E-state index contributed by atoms with van der Waals surface area (Å²) in [6, 6.07) is 16.9. The van der Waals surface area contributed by atoms with E-state index in [2.05, 4.69) is 30.3 Å². The molecule has 1 aliphatic heterocycles. The summed E-state index contributed by atoms with van der Waals surface area (Å²) >= 11 is 0. The van der Waals surface area contributed by atoms with E-state index in [0.717, 1.165) is 59.3 Å². The highest BCUT2D eigenvalue weighted by Gasteiger charge is 2.26. The summed E-state index contributed by atoms with van der Waals surface area (Å²) in [4.78, 5) is 6.54. The molecule has 7 nitrogen and oxygen atoms in total. The maximum absolute atomic E-state index is 14.1. The van der Waals surface area contributed by atoms with Gasteiger partial charge in [-0.2, -0.15) is 5.10 Å². The van der Waals surface area contributed by atoms with Gasteiger partial charge in [-0.15, -0.1) is 10.2 Å². The van der Waals surface area contributed by atoms with Crippen LogP contribution >= 0.6 is 0 Å². The molecular formula is C27H25FN6O. The van der Waals surface area contributed by atoms with E-state index in [4.69, 9.17) is 4.42 Å². The first-order chi connectivity index (χ1) is 17.1. The summed E-state index contributed by atoms with van der Waals surface area (Å²) in [6.07, 6.45) is 3.77. The number of pyridine rings is 1. The molecule has 0 amide bonds. The topological polar surface area (TPSA) is 83.7 Å². The highest BCUT2D eigenvalue weighted by atomic mass is 19.1. The van der Waals surface area contributed by atoms with E-state index in [0.29, 0.717) is 23.9 Å². The zero-order valence-electron chi connectivity index (χ0n) is 19.4. The van der Waals surface area contributed by atoms with Crippen LogP contribution in [0.4, 0.5) is 4.39 Å². The van der Waals surface area contributed by atoms with E-state index >= 15 is 0 Å². The summed E-state index contributed by atoms with van der Waals surface area (Å²) in [6.45, 7) is 4.24. The van der Waals surface area contributed by atoms with Crippen molar-refractivity contribution in [1.29, 1.82) is 0 Å². The number of piperidine rings is 1. The molecule has 3 aromatic heterocycles. The number of hydrogen-bond donors (Lipinski definition) is 1. The van der Waals surface area contributed by atoms with Gasteiger partial charge < -0.3 is 4.42 Å². The zero-order chi connectivity index (χ0) is 23.8. The Bertz CT molecular complexity index is 1490. The van der Waals surface area contributed by atoms with E-state index in [1.807, 2.05) is 49.4 Å². The monoisotopic (exact) mass is 468 g/mol. The molecule has 4 heterocycles. The molecule has 0 bridgehead atoms. The third-order valence-electron chi connectivity index (χ3n) is 6.63. The molecule has 1 N–H and O–H groups in total. The Morgan fingerprint density at radius 2 is 2.00 bits per heavy atom. The van der Waals surface area contributed by atoms with Crippen LogP contribution in [0.25, 0.3) is 33.6 Å². The third-order valence-corrected chi connectivity index (χ3v) is 6.63. The van der Waals surface area contributed by atoms with Crippen LogP contribution in [0, 0.1) is 12.7 Å². The SMILES string of the molecule is Cc1cc(-c2n[nH]c3ccc(-c4nnc(C5CCCN(Cc6ccccc6F)C5)o4)cc23)ccn1. The maximum atomic E-state index is 14.1. The minimum Gasteiger partial charge on any atom is -0.420 e. The summed E-state index contributed by atoms with van der Waals surface area (Å²) in [5.41, 5.74) is 5.31. The lowest BCUT2D eigenvalue weighted by Crippen LogP contribution is -2.34. The Labute approximate surface area is 202 Å². The first-order valence-electron chi connectivity index (χ1n) is 11.8. The lowest BCUT2D eigenvalue weighted by Gasteiger charge is -2.31. The Morgan fingerprint density at radius 3 is 2.89 bits per heavy atom. The van der Waals surface area contributed by atoms with Crippen LogP contribution in [0.5, 0.6) is 0 Å². The fourth-order valence-corrected chi connectivity index (χ4v) is 4.84. The van der Waals surface area contributed by atoms with Crippen molar-refractivity contribution in [3.63, 3.8) is 0 Å². The van der Waals surface area contributed by atoms with Gasteiger partial charge in [-0.1, -0.05) is 18.2 Å². The van der Waals surface area contributed by atoms with Crippen LogP contribution in [0.1, 0.15) is 35.9 Å². The van der Waals surface area contributed by atoms with Gasteiger partial charge in [0.25, 0.3) is 0 Å². The first-order valence-corrected chi connectivity index (χ1v) is 11.8. The van der Waals surface area contributed by atoms with E-state index in [1.165, 1.54) is 6.07 Å². The molecule has 35 heavy (non-hydrogen) atoms. The normalized spacial score (nSPS) is 16.7. The molecule has 0 radical (unpaired) electrons. The van der Waals surface area contributed by atoms with Gasteiger partial charge in [0.2, 0.25) is 11.8 Å². The average Bonchev–Trinajstić information content (AvgIpc) is 3.53. The molecule has 0 saturated carbocycles. The minimum absolute atomic E-state index is 0.129. The van der Waals surface area contributed by atoms with E-state index in [-0.39, 0.29) is 11.7 Å².